The van der Waals surface area contributed by atoms with Crippen molar-refractivity contribution >= 4 is 11.6 Å². The van der Waals surface area contributed by atoms with E-state index in [2.05, 4.69) is 5.10 Å². The van der Waals surface area contributed by atoms with Gasteiger partial charge in [-0.2, -0.15) is 5.10 Å². The zero-order valence-electron chi connectivity index (χ0n) is 5.00. The zero-order valence-corrected chi connectivity index (χ0v) is 5.76. The van der Waals surface area contributed by atoms with Gasteiger partial charge in [0.15, 0.2) is 0 Å². The summed E-state index contributed by atoms with van der Waals surface area (Å²) in [6.45, 7) is -0.0602. The second kappa shape index (κ2) is 2.37. The normalized spacial score (nSPS) is 10.1. The molecule has 3 nitrogen and oxygen atoms in total. The quantitative estimate of drug-likeness (QED) is 0.629. The van der Waals surface area contributed by atoms with Gasteiger partial charge in [0.2, 0.25) is 0 Å². The third-order valence-corrected chi connectivity index (χ3v) is 1.48. The summed E-state index contributed by atoms with van der Waals surface area (Å²) in [4.78, 5) is 0. The Kier molecular flexibility index (Phi) is 1.73. The van der Waals surface area contributed by atoms with Crippen LogP contribution in [0.25, 0.3) is 0 Å². The van der Waals surface area contributed by atoms with Crippen LogP contribution in [0.1, 0.15) is 5.69 Å². The Bertz CT molecular complexity index is 189. The number of aliphatic hydroxyl groups is 1. The molecule has 0 aliphatic carbocycles. The molecule has 0 unspecified atom stereocenters. The first-order valence-electron chi connectivity index (χ1n) is 2.53. The minimum absolute atomic E-state index is 0.0602. The van der Waals surface area contributed by atoms with Crippen molar-refractivity contribution in [3.63, 3.8) is 0 Å². The van der Waals surface area contributed by atoms with Gasteiger partial charge in [-0.1, -0.05) is 11.6 Å². The first-order chi connectivity index (χ1) is 4.25. The lowest BCUT2D eigenvalue weighted by molar-refractivity contribution is 0.270. The van der Waals surface area contributed by atoms with E-state index in [1.165, 1.54) is 6.20 Å². The molecule has 0 radical (unpaired) electrons. The lowest BCUT2D eigenvalue weighted by Crippen LogP contribution is -1.97. The van der Waals surface area contributed by atoms with E-state index in [1.807, 2.05) is 0 Å². The summed E-state index contributed by atoms with van der Waals surface area (Å²) < 4.78 is 1.54. The molecule has 1 N–H and O–H groups in total. The molecular formula is C5H7ClN2O. The van der Waals surface area contributed by atoms with Gasteiger partial charge in [0.1, 0.15) is 0 Å². The van der Waals surface area contributed by atoms with Gasteiger partial charge in [-0.25, -0.2) is 0 Å². The molecule has 1 rings (SSSR count). The summed E-state index contributed by atoms with van der Waals surface area (Å²) in [6.07, 6.45) is 1.51. The fraction of sp³-hybridized carbons (Fsp3) is 0.400. The molecule has 1 heterocycles. The Hall–Kier alpha value is -0.540. The van der Waals surface area contributed by atoms with Crippen LogP contribution in [-0.2, 0) is 13.7 Å². The van der Waals surface area contributed by atoms with Gasteiger partial charge in [-0.3, -0.25) is 4.68 Å². The fourth-order valence-corrected chi connectivity index (χ4v) is 0.840. The number of aromatic nitrogens is 2. The number of rotatable bonds is 1. The van der Waals surface area contributed by atoms with Crippen LogP contribution in [0.15, 0.2) is 6.20 Å². The van der Waals surface area contributed by atoms with E-state index >= 15 is 0 Å². The summed E-state index contributed by atoms with van der Waals surface area (Å²) in [5.74, 6) is 0. The molecule has 0 spiro atoms. The van der Waals surface area contributed by atoms with Crippen molar-refractivity contribution in [3.8, 4) is 0 Å². The van der Waals surface area contributed by atoms with Crippen LogP contribution in [-0.4, -0.2) is 14.9 Å². The van der Waals surface area contributed by atoms with E-state index in [0.717, 1.165) is 0 Å². The molecule has 0 saturated carbocycles. The average Bonchev–Trinajstić information content (AvgIpc) is 2.12. The largest absolute Gasteiger partial charge is 0.390 e. The van der Waals surface area contributed by atoms with Crippen molar-refractivity contribution in [1.82, 2.24) is 9.78 Å². The Morgan fingerprint density at radius 1 is 1.89 bits per heavy atom. The molecule has 4 heteroatoms. The number of aliphatic hydroxyl groups excluding tert-OH is 1. The van der Waals surface area contributed by atoms with E-state index in [1.54, 1.807) is 11.7 Å². The topological polar surface area (TPSA) is 38.0 Å². The predicted octanol–water partition coefficient (Wildman–Crippen LogP) is 0.566. The van der Waals surface area contributed by atoms with Crippen LogP contribution in [0.5, 0.6) is 0 Å². The second-order valence-electron chi connectivity index (χ2n) is 1.72. The summed E-state index contributed by atoms with van der Waals surface area (Å²) in [7, 11) is 1.73. The zero-order chi connectivity index (χ0) is 6.85. The first kappa shape index (κ1) is 6.58. The molecule has 1 aromatic heterocycles. The van der Waals surface area contributed by atoms with Crippen LogP contribution in [0.3, 0.4) is 0 Å². The first-order valence-corrected chi connectivity index (χ1v) is 2.90. The number of aryl methyl sites for hydroxylation is 1. The predicted molar refractivity (Wildman–Crippen MR) is 34.1 cm³/mol. The Morgan fingerprint density at radius 3 is 2.78 bits per heavy atom. The SMILES string of the molecule is Cn1ncc(Cl)c1CO. The Labute approximate surface area is 57.9 Å². The summed E-state index contributed by atoms with van der Waals surface area (Å²) in [6, 6.07) is 0. The standard InChI is InChI=1S/C5H7ClN2O/c1-8-5(3-9)4(6)2-7-8/h2,9H,3H2,1H3. The van der Waals surface area contributed by atoms with Gasteiger partial charge in [0.25, 0.3) is 0 Å². The van der Waals surface area contributed by atoms with Crippen molar-refractivity contribution in [1.29, 1.82) is 0 Å². The van der Waals surface area contributed by atoms with Crippen LogP contribution in [0.4, 0.5) is 0 Å². The van der Waals surface area contributed by atoms with Gasteiger partial charge in [0, 0.05) is 7.05 Å². The van der Waals surface area contributed by atoms with Crippen molar-refractivity contribution in [2.75, 3.05) is 0 Å². The minimum Gasteiger partial charge on any atom is -0.390 e. The highest BCUT2D eigenvalue weighted by atomic mass is 35.5. The number of halogens is 1. The maximum atomic E-state index is 8.64. The highest BCUT2D eigenvalue weighted by Gasteiger charge is 2.02. The molecule has 50 valence electrons. The highest BCUT2D eigenvalue weighted by molar-refractivity contribution is 6.31. The van der Waals surface area contributed by atoms with Gasteiger partial charge in [-0.15, -0.1) is 0 Å². The maximum absolute atomic E-state index is 8.64. The molecule has 9 heavy (non-hydrogen) atoms. The molecule has 0 aliphatic heterocycles. The van der Waals surface area contributed by atoms with Gasteiger partial charge in [0.05, 0.1) is 23.5 Å². The third kappa shape index (κ3) is 1.06. The van der Waals surface area contributed by atoms with Gasteiger partial charge < -0.3 is 5.11 Å². The van der Waals surface area contributed by atoms with E-state index in [-0.39, 0.29) is 6.61 Å². The van der Waals surface area contributed by atoms with Crippen molar-refractivity contribution in [2.24, 2.45) is 7.05 Å². The van der Waals surface area contributed by atoms with Gasteiger partial charge >= 0.3 is 0 Å². The second-order valence-corrected chi connectivity index (χ2v) is 2.13. The molecule has 0 aliphatic rings. The van der Waals surface area contributed by atoms with E-state index < -0.39 is 0 Å². The van der Waals surface area contributed by atoms with E-state index in [9.17, 15) is 0 Å². The van der Waals surface area contributed by atoms with E-state index in [0.29, 0.717) is 10.7 Å². The molecule has 1 aromatic rings. The van der Waals surface area contributed by atoms with Crippen molar-refractivity contribution in [2.45, 2.75) is 6.61 Å². The fourth-order valence-electron chi connectivity index (χ4n) is 0.614. The van der Waals surface area contributed by atoms with E-state index in [4.69, 9.17) is 16.7 Å². The summed E-state index contributed by atoms with van der Waals surface area (Å²) in [5, 5.41) is 13.0. The van der Waals surface area contributed by atoms with Crippen LogP contribution < -0.4 is 0 Å². The van der Waals surface area contributed by atoms with Gasteiger partial charge in [-0.05, 0) is 0 Å². The monoisotopic (exact) mass is 146 g/mol. The van der Waals surface area contributed by atoms with Crippen LogP contribution >= 0.6 is 11.6 Å². The van der Waals surface area contributed by atoms with Crippen molar-refractivity contribution < 1.29 is 5.11 Å². The number of hydrogen-bond acceptors (Lipinski definition) is 2. The smallest absolute Gasteiger partial charge is 0.0864 e. The Balaban J connectivity index is 3.07. The molecule has 0 atom stereocenters. The third-order valence-electron chi connectivity index (χ3n) is 1.16. The lowest BCUT2D eigenvalue weighted by Gasteiger charge is -1.94. The summed E-state index contributed by atoms with van der Waals surface area (Å²) >= 11 is 5.60. The minimum atomic E-state index is -0.0602. The molecule has 0 amide bonds. The Morgan fingerprint density at radius 2 is 2.56 bits per heavy atom. The molecule has 0 bridgehead atoms. The lowest BCUT2D eigenvalue weighted by atomic mass is 10.4. The number of nitrogens with zero attached hydrogens (tertiary/aromatic N) is 2. The molecule has 0 fully saturated rings. The highest BCUT2D eigenvalue weighted by Crippen LogP contribution is 2.12. The van der Waals surface area contributed by atoms with Crippen LogP contribution in [0, 0.1) is 0 Å². The summed E-state index contributed by atoms with van der Waals surface area (Å²) in [5.41, 5.74) is 0.650. The maximum Gasteiger partial charge on any atom is 0.0864 e. The average molecular weight is 147 g/mol. The molecular weight excluding hydrogens is 140 g/mol. The van der Waals surface area contributed by atoms with Crippen LogP contribution in [0.2, 0.25) is 5.02 Å². The molecule has 0 saturated heterocycles. The number of hydrogen-bond donors (Lipinski definition) is 1. The molecule has 0 aromatic carbocycles. The van der Waals surface area contributed by atoms with Crippen molar-refractivity contribution in [3.05, 3.63) is 16.9 Å².